The van der Waals surface area contributed by atoms with E-state index in [9.17, 15) is 8.42 Å². The van der Waals surface area contributed by atoms with Crippen molar-refractivity contribution in [3.63, 3.8) is 0 Å². The predicted octanol–water partition coefficient (Wildman–Crippen LogP) is -1.64. The van der Waals surface area contributed by atoms with Crippen LogP contribution in [0.2, 0.25) is 0 Å². The van der Waals surface area contributed by atoms with Crippen LogP contribution < -0.4 is 5.32 Å². The molecule has 0 rings (SSSR count). The van der Waals surface area contributed by atoms with Crippen molar-refractivity contribution in [3.05, 3.63) is 0 Å². The van der Waals surface area contributed by atoms with Gasteiger partial charge in [0.05, 0.1) is 18.5 Å². The fraction of sp³-hybridized carbons (Fsp3) is 1.00. The van der Waals surface area contributed by atoms with Gasteiger partial charge in [0.15, 0.2) is 9.84 Å². The molecule has 0 aromatic rings. The van der Waals surface area contributed by atoms with E-state index in [1.807, 2.05) is 0 Å². The van der Waals surface area contributed by atoms with Crippen LogP contribution in [0.25, 0.3) is 0 Å². The van der Waals surface area contributed by atoms with Crippen molar-refractivity contribution in [2.24, 2.45) is 0 Å². The molecule has 0 bridgehead atoms. The van der Waals surface area contributed by atoms with Gasteiger partial charge in [-0.2, -0.15) is 0 Å². The van der Waals surface area contributed by atoms with Crippen molar-refractivity contribution >= 4 is 9.84 Å². The molecule has 13 heavy (non-hydrogen) atoms. The Kier molecular flexibility index (Phi) is 6.23. The van der Waals surface area contributed by atoms with E-state index in [1.165, 1.54) is 0 Å². The Morgan fingerprint density at radius 3 is 2.54 bits per heavy atom. The molecule has 0 aliphatic carbocycles. The molecule has 0 aromatic carbocycles. The van der Waals surface area contributed by atoms with Crippen molar-refractivity contribution in [1.82, 2.24) is 5.32 Å². The van der Waals surface area contributed by atoms with Gasteiger partial charge in [-0.3, -0.25) is 0 Å². The van der Waals surface area contributed by atoms with Gasteiger partial charge in [0.25, 0.3) is 0 Å². The minimum Gasteiger partial charge on any atom is -0.394 e. The summed E-state index contributed by atoms with van der Waals surface area (Å²) in [6.45, 7) is 1.81. The second-order valence-electron chi connectivity index (χ2n) is 2.78. The van der Waals surface area contributed by atoms with Gasteiger partial charge in [-0.05, 0) is 0 Å². The lowest BCUT2D eigenvalue weighted by molar-refractivity contribution is 0.0950. The van der Waals surface area contributed by atoms with Gasteiger partial charge in [-0.15, -0.1) is 0 Å². The molecular formula is C7H17NO4S. The quantitative estimate of drug-likeness (QED) is 0.440. The third-order valence-corrected chi connectivity index (χ3v) is 3.33. The molecule has 0 fully saturated rings. The topological polar surface area (TPSA) is 86.6 Å². The van der Waals surface area contributed by atoms with Gasteiger partial charge in [0.1, 0.15) is 0 Å². The summed E-state index contributed by atoms with van der Waals surface area (Å²) >= 11 is 0. The van der Waals surface area contributed by atoms with Gasteiger partial charge >= 0.3 is 0 Å². The minimum atomic E-state index is -2.93. The molecule has 6 heteroatoms. The van der Waals surface area contributed by atoms with Crippen LogP contribution in [0.3, 0.4) is 0 Å². The largest absolute Gasteiger partial charge is 0.394 e. The summed E-state index contributed by atoms with van der Waals surface area (Å²) in [5.41, 5.74) is 0. The summed E-state index contributed by atoms with van der Waals surface area (Å²) in [4.78, 5) is 0. The molecule has 0 amide bonds. The Hall–Kier alpha value is -0.170. The van der Waals surface area contributed by atoms with E-state index in [1.54, 1.807) is 6.92 Å². The maximum atomic E-state index is 11.0. The standard InChI is InChI=1S/C7H17NO4S/c1-2-13(11,12)4-3-8-5-7(10)6-9/h7-10H,2-6H2,1H3. The molecule has 0 aromatic heterocycles. The molecule has 3 N–H and O–H groups in total. The SMILES string of the molecule is CCS(=O)(=O)CCNCC(O)CO. The first kappa shape index (κ1) is 12.8. The maximum absolute atomic E-state index is 11.0. The van der Waals surface area contributed by atoms with Crippen molar-refractivity contribution in [2.45, 2.75) is 13.0 Å². The Morgan fingerprint density at radius 1 is 1.46 bits per heavy atom. The average Bonchev–Trinajstić information content (AvgIpc) is 2.12. The number of rotatable bonds is 7. The van der Waals surface area contributed by atoms with Gasteiger partial charge in [-0.25, -0.2) is 8.42 Å². The van der Waals surface area contributed by atoms with E-state index in [0.717, 1.165) is 0 Å². The van der Waals surface area contributed by atoms with Crippen LogP contribution in [-0.2, 0) is 9.84 Å². The van der Waals surface area contributed by atoms with Crippen molar-refractivity contribution < 1.29 is 18.6 Å². The number of nitrogens with one attached hydrogen (secondary N) is 1. The molecule has 0 aliphatic heterocycles. The molecule has 0 radical (unpaired) electrons. The first-order valence-electron chi connectivity index (χ1n) is 4.22. The van der Waals surface area contributed by atoms with E-state index in [-0.39, 0.29) is 24.7 Å². The molecule has 80 valence electrons. The van der Waals surface area contributed by atoms with Crippen LogP contribution in [0, 0.1) is 0 Å². The van der Waals surface area contributed by atoms with Gasteiger partial charge < -0.3 is 15.5 Å². The van der Waals surface area contributed by atoms with Crippen LogP contribution >= 0.6 is 0 Å². The molecule has 5 nitrogen and oxygen atoms in total. The summed E-state index contributed by atoms with van der Waals surface area (Å²) in [6, 6.07) is 0. The molecular weight excluding hydrogens is 194 g/mol. The highest BCUT2D eigenvalue weighted by atomic mass is 32.2. The Morgan fingerprint density at radius 2 is 2.08 bits per heavy atom. The normalized spacial score (nSPS) is 14.4. The fourth-order valence-corrected chi connectivity index (χ4v) is 1.45. The number of hydrogen-bond acceptors (Lipinski definition) is 5. The van der Waals surface area contributed by atoms with E-state index in [2.05, 4.69) is 5.32 Å². The van der Waals surface area contributed by atoms with E-state index in [4.69, 9.17) is 10.2 Å². The smallest absolute Gasteiger partial charge is 0.151 e. The molecule has 0 aliphatic rings. The fourth-order valence-electron chi connectivity index (χ4n) is 0.705. The first-order valence-corrected chi connectivity index (χ1v) is 6.04. The maximum Gasteiger partial charge on any atom is 0.151 e. The lowest BCUT2D eigenvalue weighted by Gasteiger charge is -2.08. The number of hydrogen-bond donors (Lipinski definition) is 3. The summed E-state index contributed by atoms with van der Waals surface area (Å²) in [5.74, 6) is 0.207. The van der Waals surface area contributed by atoms with E-state index < -0.39 is 15.9 Å². The van der Waals surface area contributed by atoms with Crippen molar-refractivity contribution in [1.29, 1.82) is 0 Å². The van der Waals surface area contributed by atoms with Crippen molar-refractivity contribution in [2.75, 3.05) is 31.2 Å². The monoisotopic (exact) mass is 211 g/mol. The van der Waals surface area contributed by atoms with Gasteiger partial charge in [0.2, 0.25) is 0 Å². The van der Waals surface area contributed by atoms with Crippen LogP contribution in [-0.4, -0.2) is 55.9 Å². The lowest BCUT2D eigenvalue weighted by atomic mass is 10.4. The molecule has 0 spiro atoms. The number of aliphatic hydroxyl groups excluding tert-OH is 2. The van der Waals surface area contributed by atoms with E-state index >= 15 is 0 Å². The Balaban J connectivity index is 3.47. The highest BCUT2D eigenvalue weighted by Gasteiger charge is 2.07. The van der Waals surface area contributed by atoms with Crippen LogP contribution in [0.1, 0.15) is 6.92 Å². The van der Waals surface area contributed by atoms with Crippen LogP contribution in [0.5, 0.6) is 0 Å². The molecule has 1 atom stereocenters. The van der Waals surface area contributed by atoms with Crippen LogP contribution in [0.4, 0.5) is 0 Å². The lowest BCUT2D eigenvalue weighted by Crippen LogP contribution is -2.32. The predicted molar refractivity (Wildman–Crippen MR) is 50.3 cm³/mol. The second kappa shape index (κ2) is 6.31. The zero-order valence-electron chi connectivity index (χ0n) is 7.73. The van der Waals surface area contributed by atoms with Crippen LogP contribution in [0.15, 0.2) is 0 Å². The third kappa shape index (κ3) is 6.94. The third-order valence-electron chi connectivity index (χ3n) is 1.62. The summed E-state index contributed by atoms with van der Waals surface area (Å²) < 4.78 is 21.9. The highest BCUT2D eigenvalue weighted by Crippen LogP contribution is 1.87. The second-order valence-corrected chi connectivity index (χ2v) is 5.25. The Bertz CT molecular complexity index is 215. The number of aliphatic hydroxyl groups is 2. The zero-order valence-corrected chi connectivity index (χ0v) is 8.55. The summed E-state index contributed by atoms with van der Waals surface area (Å²) in [5, 5.41) is 20.1. The number of sulfone groups is 1. The first-order chi connectivity index (χ1) is 6.02. The van der Waals surface area contributed by atoms with Gasteiger partial charge in [-0.1, -0.05) is 6.92 Å². The molecule has 0 heterocycles. The Labute approximate surface area is 78.7 Å². The highest BCUT2D eigenvalue weighted by molar-refractivity contribution is 7.91. The zero-order chi connectivity index (χ0) is 10.3. The summed E-state index contributed by atoms with van der Waals surface area (Å²) in [6.07, 6.45) is -0.815. The molecule has 0 saturated carbocycles. The molecule has 0 saturated heterocycles. The summed E-state index contributed by atoms with van der Waals surface area (Å²) in [7, 11) is -2.93. The minimum absolute atomic E-state index is 0.0711. The molecule has 1 unspecified atom stereocenters. The average molecular weight is 211 g/mol. The van der Waals surface area contributed by atoms with Gasteiger partial charge in [0, 0.05) is 18.8 Å². The van der Waals surface area contributed by atoms with E-state index in [0.29, 0.717) is 6.54 Å². The van der Waals surface area contributed by atoms with Crippen molar-refractivity contribution in [3.8, 4) is 0 Å².